The number of ether oxygens (including phenoxy) is 1. The Bertz CT molecular complexity index is 1020. The van der Waals surface area contributed by atoms with E-state index in [1.807, 2.05) is 31.3 Å². The van der Waals surface area contributed by atoms with Gasteiger partial charge in [-0.25, -0.2) is 9.97 Å². The van der Waals surface area contributed by atoms with Crippen molar-refractivity contribution in [2.45, 2.75) is 32.7 Å². The Morgan fingerprint density at radius 1 is 1.39 bits per heavy atom. The smallest absolute Gasteiger partial charge is 0.310 e. The van der Waals surface area contributed by atoms with Crippen LogP contribution in [0.5, 0.6) is 0 Å². The van der Waals surface area contributed by atoms with Crippen molar-refractivity contribution in [1.82, 2.24) is 20.3 Å². The Kier molecular flexibility index (Phi) is 7.04. The second kappa shape index (κ2) is 10.1. The molecule has 164 valence electrons. The summed E-state index contributed by atoms with van der Waals surface area (Å²) in [5.41, 5.74) is 3.08. The van der Waals surface area contributed by atoms with E-state index in [2.05, 4.69) is 26.3 Å². The van der Waals surface area contributed by atoms with Gasteiger partial charge in [0, 0.05) is 60.5 Å². The normalized spacial score (nSPS) is 16.6. The molecule has 2 aromatic heterocycles. The Morgan fingerprint density at radius 2 is 2.29 bits per heavy atom. The van der Waals surface area contributed by atoms with Crippen molar-refractivity contribution >= 4 is 34.3 Å². The van der Waals surface area contributed by atoms with Gasteiger partial charge in [0.25, 0.3) is 0 Å². The number of esters is 1. The molecule has 1 atom stereocenters. The van der Waals surface area contributed by atoms with E-state index < -0.39 is 0 Å². The number of pyridine rings is 1. The summed E-state index contributed by atoms with van der Waals surface area (Å²) in [6, 6.07) is 7.95. The van der Waals surface area contributed by atoms with Gasteiger partial charge < -0.3 is 19.9 Å². The summed E-state index contributed by atoms with van der Waals surface area (Å²) in [5, 5.41) is 5.24. The van der Waals surface area contributed by atoms with Crippen LogP contribution in [0.1, 0.15) is 31.0 Å². The zero-order valence-corrected chi connectivity index (χ0v) is 18.5. The van der Waals surface area contributed by atoms with E-state index in [4.69, 9.17) is 21.3 Å². The fraction of sp³-hybridized carbons (Fsp3) is 0.435. The molecule has 0 bridgehead atoms. The van der Waals surface area contributed by atoms with E-state index in [9.17, 15) is 4.79 Å². The largest absolute Gasteiger partial charge is 0.466 e. The van der Waals surface area contributed by atoms with Gasteiger partial charge in [-0.3, -0.25) is 4.79 Å². The average molecular weight is 442 g/mol. The van der Waals surface area contributed by atoms with E-state index in [-0.39, 0.29) is 11.9 Å². The topological polar surface area (TPSA) is 83.1 Å². The molecule has 1 unspecified atom stereocenters. The second-order valence-corrected chi connectivity index (χ2v) is 8.29. The average Bonchev–Trinajstić information content (AvgIpc) is 3.30. The first-order chi connectivity index (χ1) is 15.1. The number of fused-ring (bicyclic) bond motifs is 1. The van der Waals surface area contributed by atoms with Gasteiger partial charge in [0.15, 0.2) is 0 Å². The first-order valence-electron chi connectivity index (χ1n) is 10.8. The van der Waals surface area contributed by atoms with Crippen molar-refractivity contribution < 1.29 is 9.53 Å². The van der Waals surface area contributed by atoms with Crippen LogP contribution in [0, 0.1) is 5.92 Å². The number of benzene rings is 1. The molecular formula is C23H28ClN5O2. The van der Waals surface area contributed by atoms with Gasteiger partial charge in [-0.2, -0.15) is 0 Å². The maximum absolute atomic E-state index is 12.3. The summed E-state index contributed by atoms with van der Waals surface area (Å²) in [6.45, 7) is 5.27. The van der Waals surface area contributed by atoms with Crippen LogP contribution in [0.15, 0.2) is 36.8 Å². The van der Waals surface area contributed by atoms with Crippen molar-refractivity contribution in [2.75, 3.05) is 31.1 Å². The summed E-state index contributed by atoms with van der Waals surface area (Å²) in [6.07, 6.45) is 6.21. The number of hydrogen-bond acceptors (Lipinski definition) is 6. The summed E-state index contributed by atoms with van der Waals surface area (Å²) in [4.78, 5) is 26.7. The molecule has 0 radical (unpaired) electrons. The number of nitrogens with one attached hydrogen (secondary N) is 2. The molecule has 7 nitrogen and oxygen atoms in total. The summed E-state index contributed by atoms with van der Waals surface area (Å²) >= 11 is 6.21. The minimum atomic E-state index is -0.119. The highest BCUT2D eigenvalue weighted by molar-refractivity contribution is 6.31. The molecule has 1 fully saturated rings. The van der Waals surface area contributed by atoms with E-state index in [0.29, 0.717) is 24.7 Å². The molecule has 8 heteroatoms. The van der Waals surface area contributed by atoms with Crippen LogP contribution >= 0.6 is 11.6 Å². The number of nitrogens with zero attached hydrogens (tertiary/aromatic N) is 3. The van der Waals surface area contributed by atoms with Gasteiger partial charge in [0.1, 0.15) is 5.82 Å². The molecule has 1 aliphatic heterocycles. The lowest BCUT2D eigenvalue weighted by Crippen LogP contribution is -2.40. The van der Waals surface area contributed by atoms with Gasteiger partial charge in [0.05, 0.1) is 24.4 Å². The van der Waals surface area contributed by atoms with Gasteiger partial charge in [-0.15, -0.1) is 0 Å². The minimum absolute atomic E-state index is 0.115. The minimum Gasteiger partial charge on any atom is -0.466 e. The molecule has 1 aromatic carbocycles. The highest BCUT2D eigenvalue weighted by Gasteiger charge is 2.28. The maximum Gasteiger partial charge on any atom is 0.310 e. The number of hydrogen-bond donors (Lipinski definition) is 2. The number of imidazole rings is 1. The molecular weight excluding hydrogens is 414 g/mol. The van der Waals surface area contributed by atoms with E-state index in [0.717, 1.165) is 60.3 Å². The molecule has 2 N–H and O–H groups in total. The van der Waals surface area contributed by atoms with Crippen molar-refractivity contribution in [3.05, 3.63) is 53.1 Å². The number of aromatic nitrogens is 3. The van der Waals surface area contributed by atoms with Gasteiger partial charge in [-0.1, -0.05) is 17.7 Å². The molecule has 31 heavy (non-hydrogen) atoms. The Morgan fingerprint density at radius 3 is 3.10 bits per heavy atom. The SMILES string of the molecule is CCOC(=O)C1CCCN(c2nc3cc(Cl)ccc3cc2CNCCc2cnc[nH]2)C1. The third kappa shape index (κ3) is 5.35. The van der Waals surface area contributed by atoms with Crippen LogP contribution in [-0.4, -0.2) is 47.2 Å². The van der Waals surface area contributed by atoms with Crippen LogP contribution in [0.25, 0.3) is 10.9 Å². The van der Waals surface area contributed by atoms with Crippen LogP contribution in [-0.2, 0) is 22.5 Å². The molecule has 0 spiro atoms. The number of H-pyrrole nitrogens is 1. The number of carbonyl (C=O) groups is 1. The maximum atomic E-state index is 12.3. The molecule has 4 rings (SSSR count). The quantitative estimate of drug-likeness (QED) is 0.409. The summed E-state index contributed by atoms with van der Waals surface area (Å²) in [7, 11) is 0. The fourth-order valence-electron chi connectivity index (χ4n) is 4.07. The molecule has 0 amide bonds. The van der Waals surface area contributed by atoms with Crippen LogP contribution in [0.2, 0.25) is 5.02 Å². The lowest BCUT2D eigenvalue weighted by Gasteiger charge is -2.33. The molecule has 3 heterocycles. The van der Waals surface area contributed by atoms with Crippen molar-refractivity contribution in [1.29, 1.82) is 0 Å². The zero-order chi connectivity index (χ0) is 21.6. The first-order valence-corrected chi connectivity index (χ1v) is 11.2. The second-order valence-electron chi connectivity index (χ2n) is 7.85. The first kappa shape index (κ1) is 21.6. The lowest BCUT2D eigenvalue weighted by molar-refractivity contribution is -0.148. The molecule has 0 saturated carbocycles. The molecule has 0 aliphatic carbocycles. The Hall–Kier alpha value is -2.64. The predicted octanol–water partition coefficient (Wildman–Crippen LogP) is 3.72. The number of anilines is 1. The monoisotopic (exact) mass is 441 g/mol. The third-order valence-electron chi connectivity index (χ3n) is 5.62. The number of piperidine rings is 1. The van der Waals surface area contributed by atoms with Gasteiger partial charge in [-0.05, 0) is 38.0 Å². The van der Waals surface area contributed by atoms with Gasteiger partial charge >= 0.3 is 5.97 Å². The fourth-order valence-corrected chi connectivity index (χ4v) is 4.23. The highest BCUT2D eigenvalue weighted by atomic mass is 35.5. The lowest BCUT2D eigenvalue weighted by atomic mass is 9.97. The van der Waals surface area contributed by atoms with E-state index >= 15 is 0 Å². The zero-order valence-electron chi connectivity index (χ0n) is 17.7. The number of carbonyl (C=O) groups excluding carboxylic acids is 1. The van der Waals surface area contributed by atoms with Crippen molar-refractivity contribution in [2.24, 2.45) is 5.92 Å². The Balaban J connectivity index is 1.55. The Labute approximate surface area is 187 Å². The predicted molar refractivity (Wildman–Crippen MR) is 122 cm³/mol. The highest BCUT2D eigenvalue weighted by Crippen LogP contribution is 2.29. The number of rotatable bonds is 8. The van der Waals surface area contributed by atoms with Crippen LogP contribution in [0.4, 0.5) is 5.82 Å². The molecule has 1 saturated heterocycles. The summed E-state index contributed by atoms with van der Waals surface area (Å²) < 4.78 is 5.27. The van der Waals surface area contributed by atoms with Crippen molar-refractivity contribution in [3.8, 4) is 0 Å². The van der Waals surface area contributed by atoms with E-state index in [1.165, 1.54) is 0 Å². The van der Waals surface area contributed by atoms with E-state index in [1.54, 1.807) is 6.33 Å². The molecule has 1 aliphatic rings. The summed E-state index contributed by atoms with van der Waals surface area (Å²) in [5.74, 6) is 0.680. The van der Waals surface area contributed by atoms with Crippen LogP contribution < -0.4 is 10.2 Å². The number of halogens is 1. The van der Waals surface area contributed by atoms with Crippen LogP contribution in [0.3, 0.4) is 0 Å². The van der Waals surface area contributed by atoms with Gasteiger partial charge in [0.2, 0.25) is 0 Å². The third-order valence-corrected chi connectivity index (χ3v) is 5.85. The molecule has 3 aromatic rings. The standard InChI is InChI=1S/C23H28ClN5O2/c1-2-31-23(30)17-4-3-9-29(14-17)22-18(12-25-8-7-20-13-26-15-27-20)10-16-5-6-19(24)11-21(16)28-22/h5-6,10-11,13,15,17,25H,2-4,7-9,12,14H2,1H3,(H,26,27). The van der Waals surface area contributed by atoms with Crippen molar-refractivity contribution in [3.63, 3.8) is 0 Å². The number of aromatic amines is 1.